The fourth-order valence-corrected chi connectivity index (χ4v) is 2.97. The van der Waals surface area contributed by atoms with E-state index in [1.807, 2.05) is 12.1 Å². The summed E-state index contributed by atoms with van der Waals surface area (Å²) in [5, 5.41) is 3.07. The van der Waals surface area contributed by atoms with Gasteiger partial charge < -0.3 is 11.1 Å². The molecule has 0 heterocycles. The molecule has 0 aliphatic heterocycles. The Morgan fingerprint density at radius 2 is 2.12 bits per heavy atom. The molecule has 0 radical (unpaired) electrons. The van der Waals surface area contributed by atoms with Crippen LogP contribution in [0.4, 0.5) is 11.4 Å². The van der Waals surface area contributed by atoms with Crippen molar-refractivity contribution in [3.63, 3.8) is 0 Å². The summed E-state index contributed by atoms with van der Waals surface area (Å²) in [7, 11) is -3.16. The number of nitrogens with one attached hydrogen (secondary N) is 2. The van der Waals surface area contributed by atoms with Crippen molar-refractivity contribution in [3.05, 3.63) is 21.8 Å². The monoisotopic (exact) mass is 369 g/mol. The van der Waals surface area contributed by atoms with Crippen molar-refractivity contribution in [3.8, 4) is 0 Å². The highest BCUT2D eigenvalue weighted by molar-refractivity contribution is 14.1. The summed E-state index contributed by atoms with van der Waals surface area (Å²) in [6, 6.07) is 5.46. The number of hydrogen-bond acceptors (Lipinski definition) is 4. The van der Waals surface area contributed by atoms with Gasteiger partial charge in [0.25, 0.3) is 0 Å². The van der Waals surface area contributed by atoms with Crippen molar-refractivity contribution in [1.82, 2.24) is 4.72 Å². The Morgan fingerprint density at radius 3 is 2.71 bits per heavy atom. The summed E-state index contributed by atoms with van der Waals surface area (Å²) in [6.45, 7) is 2.55. The number of hydrogen-bond donors (Lipinski definition) is 3. The summed E-state index contributed by atoms with van der Waals surface area (Å²) in [6.07, 6.45) is 0. The van der Waals surface area contributed by atoms with Crippen LogP contribution in [-0.4, -0.2) is 27.3 Å². The van der Waals surface area contributed by atoms with Gasteiger partial charge in [-0.2, -0.15) is 0 Å². The average molecular weight is 369 g/mol. The van der Waals surface area contributed by atoms with Crippen LogP contribution in [0.25, 0.3) is 0 Å². The van der Waals surface area contributed by atoms with Gasteiger partial charge >= 0.3 is 0 Å². The number of rotatable bonds is 6. The van der Waals surface area contributed by atoms with E-state index < -0.39 is 10.0 Å². The molecule has 0 aliphatic rings. The topological polar surface area (TPSA) is 84.2 Å². The van der Waals surface area contributed by atoms with Crippen LogP contribution in [0.2, 0.25) is 0 Å². The van der Waals surface area contributed by atoms with Gasteiger partial charge in [-0.1, -0.05) is 6.92 Å². The SMILES string of the molecule is CCNS(=O)(=O)CCNc1ccc(N)cc1I. The predicted molar refractivity (Wildman–Crippen MR) is 79.5 cm³/mol. The molecule has 0 fully saturated rings. The summed E-state index contributed by atoms with van der Waals surface area (Å²) in [5.41, 5.74) is 7.22. The van der Waals surface area contributed by atoms with E-state index in [9.17, 15) is 8.42 Å². The molecule has 0 saturated heterocycles. The van der Waals surface area contributed by atoms with Crippen molar-refractivity contribution >= 4 is 44.0 Å². The number of sulfonamides is 1. The number of benzene rings is 1. The van der Waals surface area contributed by atoms with Gasteiger partial charge in [-0.05, 0) is 40.8 Å². The highest BCUT2D eigenvalue weighted by atomic mass is 127. The van der Waals surface area contributed by atoms with Crippen LogP contribution in [0.3, 0.4) is 0 Å². The zero-order chi connectivity index (χ0) is 12.9. The van der Waals surface area contributed by atoms with Crippen molar-refractivity contribution in [1.29, 1.82) is 0 Å². The second kappa shape index (κ2) is 6.41. The van der Waals surface area contributed by atoms with Crippen LogP contribution >= 0.6 is 22.6 Å². The lowest BCUT2D eigenvalue weighted by Crippen LogP contribution is -2.29. The molecule has 7 heteroatoms. The molecule has 17 heavy (non-hydrogen) atoms. The molecule has 0 saturated carbocycles. The van der Waals surface area contributed by atoms with E-state index in [4.69, 9.17) is 5.73 Å². The molecule has 0 atom stereocenters. The number of nitrogens with two attached hydrogens (primary N) is 1. The molecule has 96 valence electrons. The van der Waals surface area contributed by atoms with Crippen LogP contribution in [0.15, 0.2) is 18.2 Å². The van der Waals surface area contributed by atoms with Crippen LogP contribution in [0.5, 0.6) is 0 Å². The molecule has 0 unspecified atom stereocenters. The Kier molecular flexibility index (Phi) is 5.47. The fraction of sp³-hybridized carbons (Fsp3) is 0.400. The minimum Gasteiger partial charge on any atom is -0.399 e. The molecule has 1 rings (SSSR count). The van der Waals surface area contributed by atoms with Gasteiger partial charge in [0.15, 0.2) is 0 Å². The minimum absolute atomic E-state index is 0.0568. The third kappa shape index (κ3) is 5.09. The first kappa shape index (κ1) is 14.5. The Morgan fingerprint density at radius 1 is 1.41 bits per heavy atom. The van der Waals surface area contributed by atoms with Crippen molar-refractivity contribution in [2.45, 2.75) is 6.92 Å². The zero-order valence-corrected chi connectivity index (χ0v) is 12.5. The lowest BCUT2D eigenvalue weighted by Gasteiger charge is -2.09. The molecule has 1 aromatic rings. The third-order valence-corrected chi connectivity index (χ3v) is 4.41. The van der Waals surface area contributed by atoms with E-state index in [0.29, 0.717) is 18.8 Å². The van der Waals surface area contributed by atoms with Gasteiger partial charge in [0.1, 0.15) is 0 Å². The first-order valence-electron chi connectivity index (χ1n) is 5.21. The second-order valence-electron chi connectivity index (χ2n) is 3.48. The number of nitrogen functional groups attached to an aromatic ring is 1. The van der Waals surface area contributed by atoms with E-state index in [0.717, 1.165) is 9.26 Å². The predicted octanol–water partition coefficient (Wildman–Crippen LogP) is 1.22. The first-order valence-corrected chi connectivity index (χ1v) is 7.94. The van der Waals surface area contributed by atoms with Crippen LogP contribution < -0.4 is 15.8 Å². The highest BCUT2D eigenvalue weighted by Gasteiger charge is 2.08. The summed E-state index contributed by atoms with van der Waals surface area (Å²) in [5.74, 6) is 0.0568. The van der Waals surface area contributed by atoms with Crippen molar-refractivity contribution in [2.24, 2.45) is 0 Å². The second-order valence-corrected chi connectivity index (χ2v) is 6.57. The molecule has 1 aromatic carbocycles. The van der Waals surface area contributed by atoms with Crippen LogP contribution in [0.1, 0.15) is 6.92 Å². The number of halogens is 1. The Hall–Kier alpha value is -0.540. The van der Waals surface area contributed by atoms with E-state index in [-0.39, 0.29) is 5.75 Å². The standard InChI is InChI=1S/C10H16IN3O2S/c1-2-14-17(15,16)6-5-13-10-4-3-8(12)7-9(10)11/h3-4,7,13-14H,2,5-6,12H2,1H3. The Balaban J connectivity index is 2.51. The van der Waals surface area contributed by atoms with Crippen LogP contribution in [-0.2, 0) is 10.0 Å². The zero-order valence-electron chi connectivity index (χ0n) is 9.53. The smallest absolute Gasteiger partial charge is 0.213 e. The summed E-state index contributed by atoms with van der Waals surface area (Å²) < 4.78 is 26.2. The lowest BCUT2D eigenvalue weighted by atomic mass is 10.3. The maximum atomic E-state index is 11.4. The van der Waals surface area contributed by atoms with Crippen LogP contribution in [0, 0.1) is 3.57 Å². The minimum atomic E-state index is -3.16. The molecule has 0 bridgehead atoms. The third-order valence-electron chi connectivity index (χ3n) is 2.04. The van der Waals surface area contributed by atoms with E-state index in [1.165, 1.54) is 0 Å². The molecule has 0 amide bonds. The Labute approximate surface area is 115 Å². The molecule has 4 N–H and O–H groups in total. The van der Waals surface area contributed by atoms with Gasteiger partial charge in [-0.3, -0.25) is 0 Å². The Bertz CT molecular complexity index is 476. The van der Waals surface area contributed by atoms with E-state index in [2.05, 4.69) is 32.6 Å². The molecular weight excluding hydrogens is 353 g/mol. The lowest BCUT2D eigenvalue weighted by molar-refractivity contribution is 0.584. The van der Waals surface area contributed by atoms with Gasteiger partial charge in [0, 0.05) is 28.0 Å². The summed E-state index contributed by atoms with van der Waals surface area (Å²) >= 11 is 2.16. The maximum absolute atomic E-state index is 11.4. The van der Waals surface area contributed by atoms with E-state index >= 15 is 0 Å². The molecule has 0 spiro atoms. The molecular formula is C10H16IN3O2S. The quantitative estimate of drug-likeness (QED) is 0.520. The molecule has 0 aromatic heterocycles. The summed E-state index contributed by atoms with van der Waals surface area (Å²) in [4.78, 5) is 0. The maximum Gasteiger partial charge on any atom is 0.213 e. The normalized spacial score (nSPS) is 11.4. The average Bonchev–Trinajstić information content (AvgIpc) is 2.21. The molecule has 0 aliphatic carbocycles. The van der Waals surface area contributed by atoms with Gasteiger partial charge in [0.05, 0.1) is 5.75 Å². The van der Waals surface area contributed by atoms with E-state index in [1.54, 1.807) is 13.0 Å². The number of anilines is 2. The highest BCUT2D eigenvalue weighted by Crippen LogP contribution is 2.20. The largest absolute Gasteiger partial charge is 0.399 e. The fourth-order valence-electron chi connectivity index (χ4n) is 1.29. The van der Waals surface area contributed by atoms with Gasteiger partial charge in [0.2, 0.25) is 10.0 Å². The molecule has 5 nitrogen and oxygen atoms in total. The van der Waals surface area contributed by atoms with Crippen molar-refractivity contribution in [2.75, 3.05) is 29.9 Å². The first-order chi connectivity index (χ1) is 7.94. The van der Waals surface area contributed by atoms with Crippen molar-refractivity contribution < 1.29 is 8.42 Å². The van der Waals surface area contributed by atoms with Gasteiger partial charge in [-0.25, -0.2) is 13.1 Å². The van der Waals surface area contributed by atoms with Gasteiger partial charge in [-0.15, -0.1) is 0 Å².